The van der Waals surface area contributed by atoms with Gasteiger partial charge in [-0.25, -0.2) is 0 Å². The molecule has 0 spiro atoms. The molecule has 1 unspecified atom stereocenters. The van der Waals surface area contributed by atoms with Gasteiger partial charge in [0.15, 0.2) is 16.6 Å². The van der Waals surface area contributed by atoms with E-state index in [1.54, 1.807) is 0 Å². The van der Waals surface area contributed by atoms with Crippen LogP contribution in [0.1, 0.15) is 37.5 Å². The first kappa shape index (κ1) is 26.3. The molecule has 0 aliphatic carbocycles. The zero-order valence-corrected chi connectivity index (χ0v) is 24.2. The molecule has 0 aromatic heterocycles. The number of rotatable bonds is 8. The van der Waals surface area contributed by atoms with Crippen molar-refractivity contribution in [2.45, 2.75) is 70.1 Å². The van der Waals surface area contributed by atoms with Crippen molar-refractivity contribution in [2.75, 3.05) is 0 Å². The molecule has 0 saturated carbocycles. The standard InChI is InChI=1S/C30H41NOSi2/c1-29(2,3)34(7,8)32-28(24-31-33(4,5)6)30(25-18-12-9-13-19-25,26-20-14-10-15-21-26)27-22-16-11-17-23-27/h9-24,28H,1-8H3/b31-24+. The molecule has 4 heteroatoms. The van der Waals surface area contributed by atoms with Crippen molar-refractivity contribution in [3.63, 3.8) is 0 Å². The summed E-state index contributed by atoms with van der Waals surface area (Å²) < 4.78 is 12.5. The zero-order valence-electron chi connectivity index (χ0n) is 22.2. The van der Waals surface area contributed by atoms with Crippen LogP contribution < -0.4 is 0 Å². The van der Waals surface area contributed by atoms with Crippen LogP contribution in [-0.2, 0) is 9.84 Å². The molecule has 0 radical (unpaired) electrons. The lowest BCUT2D eigenvalue weighted by atomic mass is 9.66. The minimum atomic E-state index is -2.15. The third-order valence-corrected chi connectivity index (χ3v) is 12.3. The van der Waals surface area contributed by atoms with E-state index in [9.17, 15) is 0 Å². The normalized spacial score (nSPS) is 14.4. The molecule has 0 saturated heterocycles. The first-order valence-electron chi connectivity index (χ1n) is 12.3. The van der Waals surface area contributed by atoms with Crippen LogP contribution >= 0.6 is 0 Å². The summed E-state index contributed by atoms with van der Waals surface area (Å²) in [5.74, 6) is 0. The van der Waals surface area contributed by atoms with E-state index < -0.39 is 22.0 Å². The van der Waals surface area contributed by atoms with Gasteiger partial charge in [0.05, 0.1) is 11.5 Å². The second-order valence-electron chi connectivity index (χ2n) is 11.7. The lowest BCUT2D eigenvalue weighted by molar-refractivity contribution is 0.194. The number of nitrogens with zero attached hydrogens (tertiary/aromatic N) is 1. The van der Waals surface area contributed by atoms with Gasteiger partial charge in [0, 0.05) is 6.21 Å². The van der Waals surface area contributed by atoms with Gasteiger partial charge in [-0.15, -0.1) is 0 Å². The molecule has 1 atom stereocenters. The monoisotopic (exact) mass is 487 g/mol. The largest absolute Gasteiger partial charge is 0.407 e. The van der Waals surface area contributed by atoms with Crippen LogP contribution in [0.5, 0.6) is 0 Å². The number of benzene rings is 3. The van der Waals surface area contributed by atoms with Crippen molar-refractivity contribution in [3.8, 4) is 0 Å². The van der Waals surface area contributed by atoms with E-state index in [4.69, 9.17) is 9.08 Å². The fourth-order valence-corrected chi connectivity index (χ4v) is 5.92. The van der Waals surface area contributed by atoms with Crippen LogP contribution in [0.25, 0.3) is 0 Å². The van der Waals surface area contributed by atoms with E-state index in [-0.39, 0.29) is 11.1 Å². The summed E-state index contributed by atoms with van der Waals surface area (Å²) in [5.41, 5.74) is 3.14. The molecular formula is C30H41NOSi2. The highest BCUT2D eigenvalue weighted by Gasteiger charge is 2.48. The highest BCUT2D eigenvalue weighted by Crippen LogP contribution is 2.46. The Balaban J connectivity index is 2.42. The molecule has 3 aromatic carbocycles. The number of hydrogen-bond donors (Lipinski definition) is 0. The maximum atomic E-state index is 7.34. The van der Waals surface area contributed by atoms with Crippen LogP contribution in [0.2, 0.25) is 37.8 Å². The minimum Gasteiger partial charge on any atom is -0.407 e. The van der Waals surface area contributed by atoms with Crippen molar-refractivity contribution >= 4 is 22.8 Å². The number of hydrogen-bond acceptors (Lipinski definition) is 2. The SMILES string of the molecule is CC(C)(C)[Si](C)(C)OC(/C=N/[Si](C)(C)C)C(c1ccccc1)(c1ccccc1)c1ccccc1. The molecule has 0 fully saturated rings. The average Bonchev–Trinajstić information content (AvgIpc) is 2.78. The maximum Gasteiger partial charge on any atom is 0.193 e. The van der Waals surface area contributed by atoms with Gasteiger partial charge >= 0.3 is 0 Å². The predicted octanol–water partition coefficient (Wildman–Crippen LogP) is 8.32. The topological polar surface area (TPSA) is 21.6 Å². The molecule has 0 heterocycles. The Kier molecular flexibility index (Phi) is 7.86. The molecule has 2 nitrogen and oxygen atoms in total. The maximum absolute atomic E-state index is 7.34. The Morgan fingerprint density at radius 2 is 1.00 bits per heavy atom. The van der Waals surface area contributed by atoms with Gasteiger partial charge < -0.3 is 9.08 Å². The van der Waals surface area contributed by atoms with Crippen LogP contribution in [0.3, 0.4) is 0 Å². The lowest BCUT2D eigenvalue weighted by Gasteiger charge is -2.47. The van der Waals surface area contributed by atoms with E-state index in [1.807, 2.05) is 0 Å². The summed E-state index contributed by atoms with van der Waals surface area (Å²) in [6, 6.07) is 32.5. The van der Waals surface area contributed by atoms with Crippen LogP contribution in [-0.4, -0.2) is 28.9 Å². The second-order valence-corrected chi connectivity index (χ2v) is 21.0. The Morgan fingerprint density at radius 1 is 0.647 bits per heavy atom. The zero-order chi connectivity index (χ0) is 25.0. The van der Waals surface area contributed by atoms with Crippen LogP contribution in [0.4, 0.5) is 0 Å². The summed E-state index contributed by atoms with van der Waals surface area (Å²) in [7, 11) is -3.87. The van der Waals surface area contributed by atoms with Crippen LogP contribution in [0.15, 0.2) is 95.7 Å². The third kappa shape index (κ3) is 5.68. The Morgan fingerprint density at radius 3 is 1.29 bits per heavy atom. The second kappa shape index (κ2) is 10.1. The van der Waals surface area contributed by atoms with Crippen molar-refractivity contribution in [1.29, 1.82) is 0 Å². The molecule has 0 N–H and O–H groups in total. The quantitative estimate of drug-likeness (QED) is 0.178. The van der Waals surface area contributed by atoms with Crippen molar-refractivity contribution in [2.24, 2.45) is 4.66 Å². The van der Waals surface area contributed by atoms with E-state index in [2.05, 4.69) is 151 Å². The highest BCUT2D eigenvalue weighted by molar-refractivity contribution is 6.75. The summed E-state index contributed by atoms with van der Waals surface area (Å²) in [6.07, 6.45) is 1.91. The molecule has 180 valence electrons. The van der Waals surface area contributed by atoms with Gasteiger partial charge in [-0.1, -0.05) is 112 Å². The fraction of sp³-hybridized carbons (Fsp3) is 0.367. The van der Waals surface area contributed by atoms with Crippen molar-refractivity contribution in [3.05, 3.63) is 108 Å². The van der Waals surface area contributed by atoms with Crippen molar-refractivity contribution < 1.29 is 4.43 Å². The molecule has 0 amide bonds. The molecule has 34 heavy (non-hydrogen) atoms. The van der Waals surface area contributed by atoms with E-state index in [0.29, 0.717) is 0 Å². The first-order valence-corrected chi connectivity index (χ1v) is 18.6. The average molecular weight is 488 g/mol. The van der Waals surface area contributed by atoms with Gasteiger partial charge in [0.2, 0.25) is 0 Å². The van der Waals surface area contributed by atoms with Gasteiger partial charge in [0.25, 0.3) is 0 Å². The van der Waals surface area contributed by atoms with E-state index in [1.165, 1.54) is 16.7 Å². The van der Waals surface area contributed by atoms with Gasteiger partial charge in [-0.3, -0.25) is 0 Å². The van der Waals surface area contributed by atoms with Gasteiger partial charge in [-0.05, 0) is 54.5 Å². The Labute approximate surface area is 209 Å². The molecule has 3 aromatic rings. The fourth-order valence-electron chi connectivity index (χ4n) is 4.11. The summed E-state index contributed by atoms with van der Waals surface area (Å²) >= 11 is 0. The highest BCUT2D eigenvalue weighted by atomic mass is 28.4. The smallest absolute Gasteiger partial charge is 0.193 e. The molecule has 3 rings (SSSR count). The van der Waals surface area contributed by atoms with E-state index >= 15 is 0 Å². The van der Waals surface area contributed by atoms with E-state index in [0.717, 1.165) is 0 Å². The van der Waals surface area contributed by atoms with Crippen molar-refractivity contribution in [1.82, 2.24) is 0 Å². The lowest BCUT2D eigenvalue weighted by Crippen LogP contribution is -2.53. The first-order chi connectivity index (χ1) is 15.9. The summed E-state index contributed by atoms with van der Waals surface area (Å²) in [6.45, 7) is 18.4. The van der Waals surface area contributed by atoms with Gasteiger partial charge in [-0.2, -0.15) is 0 Å². The molecule has 0 aliphatic heterocycles. The van der Waals surface area contributed by atoms with Gasteiger partial charge in [0.1, 0.15) is 0 Å². The molecule has 0 bridgehead atoms. The minimum absolute atomic E-state index is 0.0774. The summed E-state index contributed by atoms with van der Waals surface area (Å²) in [5, 5.41) is 0.0774. The Hall–Kier alpha value is -2.28. The van der Waals surface area contributed by atoms with Crippen LogP contribution in [0, 0.1) is 0 Å². The predicted molar refractivity (Wildman–Crippen MR) is 153 cm³/mol. The summed E-state index contributed by atoms with van der Waals surface area (Å²) in [4.78, 5) is 0. The molecular weight excluding hydrogens is 447 g/mol. The molecule has 0 aliphatic rings. The third-order valence-electron chi connectivity index (χ3n) is 6.94. The Bertz CT molecular complexity index is 969.